The average Bonchev–Trinajstić information content (AvgIpc) is 3.31. The van der Waals surface area contributed by atoms with E-state index in [1.165, 1.54) is 10.2 Å². The minimum Gasteiger partial charge on any atom is -0.353 e. The molecule has 0 aromatic carbocycles. The normalized spacial score (nSPS) is 12.2. The third-order valence-corrected chi connectivity index (χ3v) is 7.61. The van der Waals surface area contributed by atoms with Gasteiger partial charge in [0.1, 0.15) is 10.5 Å². The monoisotopic (exact) mass is 386 g/mol. The van der Waals surface area contributed by atoms with E-state index in [1.807, 2.05) is 22.4 Å². The molecule has 10 heteroatoms. The van der Waals surface area contributed by atoms with Crippen molar-refractivity contribution in [1.29, 1.82) is 0 Å². The fraction of sp³-hybridized carbons (Fsp3) is 0. The summed E-state index contributed by atoms with van der Waals surface area (Å²) in [5.74, 6) is 0. The Kier molecular flexibility index (Phi) is 2.58. The fourth-order valence-corrected chi connectivity index (χ4v) is 6.18. The van der Waals surface area contributed by atoms with Gasteiger partial charge in [0, 0.05) is 11.6 Å². The summed E-state index contributed by atoms with van der Waals surface area (Å²) in [6.07, 6.45) is 3.94. The molecule has 0 bridgehead atoms. The van der Waals surface area contributed by atoms with Gasteiger partial charge in [0.05, 0.1) is 16.6 Å². The fourth-order valence-electron chi connectivity index (χ4n) is 2.55. The lowest BCUT2D eigenvalue weighted by Crippen LogP contribution is -1.81. The molecule has 0 aliphatic rings. The molecule has 0 amide bonds. The van der Waals surface area contributed by atoms with Crippen molar-refractivity contribution in [1.82, 2.24) is 29.5 Å². The summed E-state index contributed by atoms with van der Waals surface area (Å²) in [5.41, 5.74) is 2.78. The Bertz CT molecular complexity index is 1140. The molecule has 0 aliphatic heterocycles. The number of thiazole rings is 2. The highest BCUT2D eigenvalue weighted by Gasteiger charge is 2.16. The van der Waals surface area contributed by atoms with E-state index in [2.05, 4.69) is 32.2 Å². The Morgan fingerprint density at radius 2 is 2.04 bits per heavy atom. The second-order valence-corrected chi connectivity index (χ2v) is 8.93. The van der Waals surface area contributed by atoms with Gasteiger partial charge in [-0.2, -0.15) is 5.10 Å². The van der Waals surface area contributed by atoms with Crippen LogP contribution in [-0.2, 0) is 0 Å². The van der Waals surface area contributed by atoms with Gasteiger partial charge >= 0.3 is 0 Å². The zero-order valence-electron chi connectivity index (χ0n) is 11.8. The van der Waals surface area contributed by atoms with E-state index in [4.69, 9.17) is 4.98 Å². The first-order valence-corrected chi connectivity index (χ1v) is 10.3. The highest BCUT2D eigenvalue weighted by molar-refractivity contribution is 7.29. The highest BCUT2D eigenvalue weighted by atomic mass is 32.1. The van der Waals surface area contributed by atoms with Crippen molar-refractivity contribution in [2.24, 2.45) is 0 Å². The van der Waals surface area contributed by atoms with Crippen LogP contribution in [0.4, 0.5) is 0 Å². The molecule has 6 rings (SSSR count). The van der Waals surface area contributed by atoms with Gasteiger partial charge in [0.25, 0.3) is 0 Å². The zero-order chi connectivity index (χ0) is 15.7. The van der Waals surface area contributed by atoms with Crippen LogP contribution < -0.4 is 0 Å². The third kappa shape index (κ3) is 1.85. The Balaban J connectivity index is 1.45. The standard InChI is InChI=1S/C14H6N6S4/c1-2-15-9-6(1)3-8(22-9)7-4-20-14(17-7)24-13(19-20)12-18-11-10(23-12)16-5-21-11/h1-5,15H. The average molecular weight is 387 g/mol. The summed E-state index contributed by atoms with van der Waals surface area (Å²) >= 11 is 6.39. The Hall–Kier alpha value is -2.14. The van der Waals surface area contributed by atoms with Crippen LogP contribution in [0.15, 0.2) is 30.0 Å². The maximum atomic E-state index is 4.72. The Morgan fingerprint density at radius 3 is 2.92 bits per heavy atom. The van der Waals surface area contributed by atoms with E-state index < -0.39 is 0 Å². The van der Waals surface area contributed by atoms with Crippen LogP contribution in [0.1, 0.15) is 0 Å². The summed E-state index contributed by atoms with van der Waals surface area (Å²) in [5, 5.41) is 7.65. The lowest BCUT2D eigenvalue weighted by atomic mass is 10.3. The minimum absolute atomic E-state index is 0.878. The van der Waals surface area contributed by atoms with E-state index in [-0.39, 0.29) is 0 Å². The van der Waals surface area contributed by atoms with Gasteiger partial charge in [0.2, 0.25) is 4.96 Å². The Labute approximate surface area is 150 Å². The maximum Gasteiger partial charge on any atom is 0.213 e. The second kappa shape index (κ2) is 4.70. The van der Waals surface area contributed by atoms with Crippen molar-refractivity contribution in [3.63, 3.8) is 0 Å². The van der Waals surface area contributed by atoms with Crippen molar-refractivity contribution in [2.75, 3.05) is 0 Å². The molecule has 0 aliphatic carbocycles. The number of H-pyrrole nitrogens is 1. The minimum atomic E-state index is 0.878. The number of rotatable bonds is 2. The summed E-state index contributed by atoms with van der Waals surface area (Å²) in [4.78, 5) is 22.0. The predicted molar refractivity (Wildman–Crippen MR) is 100 cm³/mol. The van der Waals surface area contributed by atoms with Gasteiger partial charge in [-0.1, -0.05) is 22.7 Å². The molecule has 0 fully saturated rings. The molecule has 6 aromatic rings. The molecular weight excluding hydrogens is 380 g/mol. The number of nitrogens with one attached hydrogen (secondary N) is 1. The van der Waals surface area contributed by atoms with Gasteiger partial charge in [-0.05, 0) is 12.1 Å². The topological polar surface area (TPSA) is 71.8 Å². The van der Waals surface area contributed by atoms with Crippen molar-refractivity contribution in [2.45, 2.75) is 0 Å². The summed E-state index contributed by atoms with van der Waals surface area (Å²) < 4.78 is 1.84. The molecule has 0 radical (unpaired) electrons. The quantitative estimate of drug-likeness (QED) is 0.467. The smallest absolute Gasteiger partial charge is 0.213 e. The first kappa shape index (κ1) is 13.2. The van der Waals surface area contributed by atoms with Crippen LogP contribution in [0, 0.1) is 0 Å². The van der Waals surface area contributed by atoms with E-state index in [1.54, 1.807) is 45.3 Å². The van der Waals surface area contributed by atoms with Crippen LogP contribution in [0.25, 0.3) is 45.4 Å². The number of hydrogen-bond donors (Lipinski definition) is 1. The van der Waals surface area contributed by atoms with Gasteiger partial charge < -0.3 is 4.98 Å². The highest BCUT2D eigenvalue weighted by Crippen LogP contribution is 2.36. The van der Waals surface area contributed by atoms with Gasteiger partial charge in [-0.15, -0.1) is 22.7 Å². The number of hydrogen-bond acceptors (Lipinski definition) is 8. The summed E-state index contributed by atoms with van der Waals surface area (Å²) in [6, 6.07) is 4.23. The second-order valence-electron chi connectivity index (χ2n) is 5.11. The molecule has 0 atom stereocenters. The number of nitrogens with zero attached hydrogens (tertiary/aromatic N) is 5. The van der Waals surface area contributed by atoms with Crippen molar-refractivity contribution in [3.05, 3.63) is 30.0 Å². The van der Waals surface area contributed by atoms with Crippen molar-refractivity contribution in [3.8, 4) is 20.6 Å². The van der Waals surface area contributed by atoms with Crippen LogP contribution in [0.5, 0.6) is 0 Å². The lowest BCUT2D eigenvalue weighted by molar-refractivity contribution is 0.978. The first-order chi connectivity index (χ1) is 11.8. The molecule has 0 unspecified atom stereocenters. The molecule has 0 saturated heterocycles. The van der Waals surface area contributed by atoms with E-state index >= 15 is 0 Å². The molecule has 1 N–H and O–H groups in total. The number of fused-ring (bicyclic) bond motifs is 3. The summed E-state index contributed by atoms with van der Waals surface area (Å²) in [6.45, 7) is 0. The lowest BCUT2D eigenvalue weighted by Gasteiger charge is -1.87. The maximum absolute atomic E-state index is 4.72. The van der Waals surface area contributed by atoms with Gasteiger partial charge in [0.15, 0.2) is 19.7 Å². The van der Waals surface area contributed by atoms with Crippen molar-refractivity contribution < 1.29 is 0 Å². The van der Waals surface area contributed by atoms with Crippen LogP contribution in [0.2, 0.25) is 0 Å². The molecule has 0 spiro atoms. The molecule has 24 heavy (non-hydrogen) atoms. The Morgan fingerprint density at radius 1 is 1.04 bits per heavy atom. The van der Waals surface area contributed by atoms with Gasteiger partial charge in [-0.25, -0.2) is 19.5 Å². The van der Waals surface area contributed by atoms with Crippen molar-refractivity contribution >= 4 is 70.2 Å². The molecule has 6 heterocycles. The summed E-state index contributed by atoms with van der Waals surface area (Å²) in [7, 11) is 0. The van der Waals surface area contributed by atoms with Crippen LogP contribution in [-0.4, -0.2) is 29.5 Å². The predicted octanol–water partition coefficient (Wildman–Crippen LogP) is 4.73. The van der Waals surface area contributed by atoms with Gasteiger partial charge in [-0.3, -0.25) is 0 Å². The van der Waals surface area contributed by atoms with Crippen LogP contribution >= 0.6 is 45.3 Å². The number of aromatic nitrogens is 6. The molecule has 116 valence electrons. The van der Waals surface area contributed by atoms with E-state index in [9.17, 15) is 0 Å². The molecule has 6 nitrogen and oxygen atoms in total. The van der Waals surface area contributed by atoms with E-state index in [0.29, 0.717) is 0 Å². The molecule has 0 saturated carbocycles. The molecule has 6 aromatic heterocycles. The number of thiophene rings is 1. The number of aromatic amines is 1. The largest absolute Gasteiger partial charge is 0.353 e. The SMILES string of the molecule is c1cc2cc(-c3cn4nc(-c5nc6scnc6s5)sc4n3)sc2[nH]1. The third-order valence-electron chi connectivity index (χ3n) is 3.63. The van der Waals surface area contributed by atoms with E-state index in [0.717, 1.165) is 35.2 Å². The van der Waals surface area contributed by atoms with Crippen LogP contribution in [0.3, 0.4) is 0 Å². The first-order valence-electron chi connectivity index (χ1n) is 6.97. The zero-order valence-corrected chi connectivity index (χ0v) is 15.0. The number of imidazole rings is 1. The molecular formula is C14H6N6S4.